The third-order valence-corrected chi connectivity index (χ3v) is 5.48. The van der Waals surface area contributed by atoms with E-state index in [0.29, 0.717) is 5.56 Å². The van der Waals surface area contributed by atoms with Gasteiger partial charge in [-0.2, -0.15) is 0 Å². The molecular weight excluding hydrogens is 318 g/mol. The first kappa shape index (κ1) is 15.0. The zero-order chi connectivity index (χ0) is 16.4. The van der Waals surface area contributed by atoms with Crippen LogP contribution in [0.5, 0.6) is 0 Å². The molecule has 2 heterocycles. The Morgan fingerprint density at radius 3 is 2.71 bits per heavy atom. The van der Waals surface area contributed by atoms with Crippen molar-refractivity contribution in [2.75, 3.05) is 0 Å². The molecule has 0 unspecified atom stereocenters. The maximum atomic E-state index is 12.4. The smallest absolute Gasteiger partial charge is 0.251 e. The highest BCUT2D eigenvalue weighted by Crippen LogP contribution is 2.37. The van der Waals surface area contributed by atoms with Crippen molar-refractivity contribution in [1.82, 2.24) is 15.3 Å². The van der Waals surface area contributed by atoms with E-state index in [1.165, 1.54) is 4.88 Å². The molecule has 0 fully saturated rings. The Hall–Kier alpha value is -2.53. The summed E-state index contributed by atoms with van der Waals surface area (Å²) in [7, 11) is 0. The van der Waals surface area contributed by atoms with Gasteiger partial charge in [0.25, 0.3) is 5.91 Å². The Kier molecular flexibility index (Phi) is 4.09. The Bertz CT molecular complexity index is 846. The van der Waals surface area contributed by atoms with E-state index in [1.807, 2.05) is 18.2 Å². The summed E-state index contributed by atoms with van der Waals surface area (Å²) >= 11 is 1.70. The van der Waals surface area contributed by atoms with E-state index in [4.69, 9.17) is 4.98 Å². The molecule has 24 heavy (non-hydrogen) atoms. The molecule has 0 saturated heterocycles. The molecule has 1 aliphatic rings. The predicted octanol–water partition coefficient (Wildman–Crippen LogP) is 4.01. The minimum Gasteiger partial charge on any atom is -0.344 e. The van der Waals surface area contributed by atoms with Crippen LogP contribution in [0.1, 0.15) is 39.8 Å². The summed E-state index contributed by atoms with van der Waals surface area (Å²) in [6.45, 7) is 0. The summed E-state index contributed by atoms with van der Waals surface area (Å²) in [5, 5.41) is 4.19. The van der Waals surface area contributed by atoms with Crippen molar-refractivity contribution in [3.63, 3.8) is 0 Å². The highest BCUT2D eigenvalue weighted by Gasteiger charge is 2.26. The van der Waals surface area contributed by atoms with Crippen LogP contribution in [0.25, 0.3) is 10.6 Å². The lowest BCUT2D eigenvalue weighted by Gasteiger charge is -2.22. The van der Waals surface area contributed by atoms with E-state index in [1.54, 1.807) is 35.9 Å². The Labute approximate surface area is 144 Å². The van der Waals surface area contributed by atoms with E-state index < -0.39 is 0 Å². The van der Waals surface area contributed by atoms with Gasteiger partial charge >= 0.3 is 0 Å². The summed E-state index contributed by atoms with van der Waals surface area (Å²) < 4.78 is 0. The molecule has 0 spiro atoms. The van der Waals surface area contributed by atoms with E-state index in [2.05, 4.69) is 22.4 Å². The largest absolute Gasteiger partial charge is 0.344 e. The normalized spacial score (nSPS) is 16.4. The van der Waals surface area contributed by atoms with E-state index in [-0.39, 0.29) is 11.9 Å². The van der Waals surface area contributed by atoms with Crippen LogP contribution in [-0.2, 0) is 6.42 Å². The molecule has 0 aliphatic heterocycles. The molecule has 4 nitrogen and oxygen atoms in total. The molecule has 0 radical (unpaired) electrons. The van der Waals surface area contributed by atoms with Gasteiger partial charge in [0.2, 0.25) is 0 Å². The van der Waals surface area contributed by atoms with Gasteiger partial charge in [-0.15, -0.1) is 11.3 Å². The first-order valence-electron chi connectivity index (χ1n) is 8.07. The third kappa shape index (κ3) is 2.95. The third-order valence-electron chi connectivity index (χ3n) is 4.22. The van der Waals surface area contributed by atoms with Crippen molar-refractivity contribution >= 4 is 17.2 Å². The molecule has 0 saturated carbocycles. The number of hydrogen-bond donors (Lipinski definition) is 1. The number of hydrogen-bond acceptors (Lipinski definition) is 4. The maximum Gasteiger partial charge on any atom is 0.251 e. The molecule has 0 bridgehead atoms. The van der Waals surface area contributed by atoms with Crippen LogP contribution in [0.2, 0.25) is 0 Å². The number of carbonyl (C=O) groups excluding carboxylic acids is 1. The van der Waals surface area contributed by atoms with Gasteiger partial charge < -0.3 is 5.32 Å². The standard InChI is InChI=1S/C19H17N3OS/c23-18(13-9-11-20-12-10-13)21-15-7-4-8-16-17(15)24-19(22-16)14-5-2-1-3-6-14/h1-3,5-6,9-12,15H,4,7-8H2,(H,21,23)/t15-/m1/s1. The average Bonchev–Trinajstić information content (AvgIpc) is 3.08. The van der Waals surface area contributed by atoms with E-state index >= 15 is 0 Å². The molecule has 1 aliphatic carbocycles. The highest BCUT2D eigenvalue weighted by molar-refractivity contribution is 7.15. The van der Waals surface area contributed by atoms with Crippen LogP contribution in [0.4, 0.5) is 0 Å². The molecule has 1 N–H and O–H groups in total. The van der Waals surface area contributed by atoms with Gasteiger partial charge in [-0.1, -0.05) is 30.3 Å². The van der Waals surface area contributed by atoms with Gasteiger partial charge in [0.05, 0.1) is 16.6 Å². The predicted molar refractivity (Wildman–Crippen MR) is 94.9 cm³/mol. The fourth-order valence-electron chi connectivity index (χ4n) is 3.01. The SMILES string of the molecule is O=C(N[C@@H]1CCCc2nc(-c3ccccc3)sc21)c1ccncc1. The van der Waals surface area contributed by atoms with Gasteiger partial charge in [0.15, 0.2) is 0 Å². The number of fused-ring (bicyclic) bond motifs is 1. The lowest BCUT2D eigenvalue weighted by molar-refractivity contribution is 0.0933. The fourth-order valence-corrected chi connectivity index (χ4v) is 4.21. The van der Waals surface area contributed by atoms with Gasteiger partial charge in [0.1, 0.15) is 5.01 Å². The highest BCUT2D eigenvalue weighted by atomic mass is 32.1. The summed E-state index contributed by atoms with van der Waals surface area (Å²) in [5.41, 5.74) is 2.91. The molecule has 1 amide bonds. The second-order valence-corrected chi connectivity index (χ2v) is 6.88. The lowest BCUT2D eigenvalue weighted by Crippen LogP contribution is -2.30. The van der Waals surface area contributed by atoms with Crippen molar-refractivity contribution < 1.29 is 4.79 Å². The molecule has 1 atom stereocenters. The van der Waals surface area contributed by atoms with Crippen LogP contribution in [0.15, 0.2) is 54.9 Å². The second-order valence-electron chi connectivity index (χ2n) is 5.85. The Balaban J connectivity index is 1.60. The van der Waals surface area contributed by atoms with Gasteiger partial charge in [-0.05, 0) is 31.4 Å². The number of carbonyl (C=O) groups is 1. The second kappa shape index (κ2) is 6.53. The number of nitrogens with zero attached hydrogens (tertiary/aromatic N) is 2. The zero-order valence-electron chi connectivity index (χ0n) is 13.1. The number of pyridine rings is 1. The maximum absolute atomic E-state index is 12.4. The molecule has 120 valence electrons. The molecule has 1 aromatic carbocycles. The van der Waals surface area contributed by atoms with Crippen molar-refractivity contribution in [2.24, 2.45) is 0 Å². The van der Waals surface area contributed by atoms with Crippen LogP contribution in [0.3, 0.4) is 0 Å². The monoisotopic (exact) mass is 335 g/mol. The van der Waals surface area contributed by atoms with Crippen LogP contribution >= 0.6 is 11.3 Å². The number of rotatable bonds is 3. The first-order valence-corrected chi connectivity index (χ1v) is 8.89. The van der Waals surface area contributed by atoms with Crippen LogP contribution in [0, 0.1) is 0 Å². The Morgan fingerprint density at radius 1 is 1.12 bits per heavy atom. The minimum atomic E-state index is -0.0510. The molecule has 2 aromatic heterocycles. The fraction of sp³-hybridized carbons (Fsp3) is 0.211. The summed E-state index contributed by atoms with van der Waals surface area (Å²) in [4.78, 5) is 22.4. The number of thiazole rings is 1. The molecule has 5 heteroatoms. The van der Waals surface area contributed by atoms with E-state index in [9.17, 15) is 4.79 Å². The number of amides is 1. The minimum absolute atomic E-state index is 0.0457. The van der Waals surface area contributed by atoms with Crippen LogP contribution < -0.4 is 5.32 Å². The topological polar surface area (TPSA) is 54.9 Å². The summed E-state index contributed by atoms with van der Waals surface area (Å²) in [5.74, 6) is -0.0510. The number of nitrogens with one attached hydrogen (secondary N) is 1. The molecule has 3 aromatic rings. The number of benzene rings is 1. The average molecular weight is 335 g/mol. The van der Waals surface area contributed by atoms with Crippen molar-refractivity contribution in [2.45, 2.75) is 25.3 Å². The molecule has 4 rings (SSSR count). The Morgan fingerprint density at radius 2 is 1.92 bits per heavy atom. The van der Waals surface area contributed by atoms with Crippen LogP contribution in [-0.4, -0.2) is 15.9 Å². The number of aryl methyl sites for hydroxylation is 1. The van der Waals surface area contributed by atoms with E-state index in [0.717, 1.165) is 35.5 Å². The van der Waals surface area contributed by atoms with Crippen molar-refractivity contribution in [3.8, 4) is 10.6 Å². The van der Waals surface area contributed by atoms with Crippen molar-refractivity contribution in [1.29, 1.82) is 0 Å². The summed E-state index contributed by atoms with van der Waals surface area (Å²) in [6, 6.07) is 13.7. The van der Waals surface area contributed by atoms with Crippen molar-refractivity contribution in [3.05, 3.63) is 71.0 Å². The summed E-state index contributed by atoms with van der Waals surface area (Å²) in [6.07, 6.45) is 6.27. The quantitative estimate of drug-likeness (QED) is 0.787. The first-order chi connectivity index (χ1) is 11.8. The van der Waals surface area contributed by atoms with Gasteiger partial charge in [-0.25, -0.2) is 4.98 Å². The molecular formula is C19H17N3OS. The van der Waals surface area contributed by atoms with Gasteiger partial charge in [-0.3, -0.25) is 9.78 Å². The lowest BCUT2D eigenvalue weighted by atomic mass is 9.98. The number of aromatic nitrogens is 2. The zero-order valence-corrected chi connectivity index (χ0v) is 13.9. The van der Waals surface area contributed by atoms with Gasteiger partial charge in [0, 0.05) is 23.5 Å².